The van der Waals surface area contributed by atoms with Crippen LogP contribution in [0, 0.1) is 0 Å². The molecule has 0 bridgehead atoms. The van der Waals surface area contributed by atoms with Crippen LogP contribution < -0.4 is 8.92 Å². The third-order valence-electron chi connectivity index (χ3n) is 4.72. The van der Waals surface area contributed by atoms with Crippen molar-refractivity contribution in [3.8, 4) is 23.0 Å². The molecule has 166 valence electrons. The summed E-state index contributed by atoms with van der Waals surface area (Å²) in [6.45, 7) is 1.57. The van der Waals surface area contributed by atoms with Crippen LogP contribution in [0.4, 0.5) is 0 Å². The Bertz CT molecular complexity index is 1510. The lowest BCUT2D eigenvalue weighted by Gasteiger charge is -2.10. The van der Waals surface area contributed by atoms with E-state index in [2.05, 4.69) is 4.98 Å². The lowest BCUT2D eigenvalue weighted by atomic mass is 10.2. The Morgan fingerprint density at radius 2 is 1.72 bits per heavy atom. The lowest BCUT2D eigenvalue weighted by Crippen LogP contribution is -2.11. The third kappa shape index (κ3) is 4.19. The average molecular weight is 474 g/mol. The molecule has 10 heteroatoms. The number of para-hydroxylation sites is 1. The second kappa shape index (κ2) is 8.29. The quantitative estimate of drug-likeness (QED) is 0.369. The van der Waals surface area contributed by atoms with E-state index in [0.29, 0.717) is 16.7 Å². The van der Waals surface area contributed by atoms with Crippen LogP contribution in [-0.2, 0) is 20.0 Å². The summed E-state index contributed by atoms with van der Waals surface area (Å²) < 4.78 is 65.8. The normalized spacial score (nSPS) is 12.1. The van der Waals surface area contributed by atoms with E-state index in [4.69, 9.17) is 13.3 Å². The van der Waals surface area contributed by atoms with Crippen LogP contribution in [0.2, 0.25) is 0 Å². The van der Waals surface area contributed by atoms with Gasteiger partial charge in [-0.2, -0.15) is 8.42 Å². The van der Waals surface area contributed by atoms with Gasteiger partial charge < -0.3 is 13.3 Å². The highest BCUT2D eigenvalue weighted by Crippen LogP contribution is 2.31. The number of benzene rings is 3. The monoisotopic (exact) mass is 473 g/mol. The molecule has 0 saturated heterocycles. The first-order valence-electron chi connectivity index (χ1n) is 9.55. The van der Waals surface area contributed by atoms with Crippen molar-refractivity contribution >= 4 is 31.1 Å². The van der Waals surface area contributed by atoms with Gasteiger partial charge in [0.2, 0.25) is 5.89 Å². The number of oxazole rings is 1. The molecule has 0 fully saturated rings. The number of aromatic nitrogens is 1. The molecule has 3 aromatic carbocycles. The van der Waals surface area contributed by atoms with Crippen molar-refractivity contribution in [1.82, 2.24) is 4.98 Å². The van der Waals surface area contributed by atoms with Gasteiger partial charge in [0.1, 0.15) is 21.9 Å². The topological polar surface area (TPSA) is 113 Å². The van der Waals surface area contributed by atoms with Crippen molar-refractivity contribution in [2.24, 2.45) is 0 Å². The number of fused-ring (bicyclic) bond motifs is 1. The summed E-state index contributed by atoms with van der Waals surface area (Å²) >= 11 is 0. The van der Waals surface area contributed by atoms with Gasteiger partial charge in [-0.25, -0.2) is 13.4 Å². The van der Waals surface area contributed by atoms with Gasteiger partial charge in [-0.15, -0.1) is 0 Å². The fraction of sp³-hybridized carbons (Fsp3) is 0.136. The van der Waals surface area contributed by atoms with E-state index in [1.807, 2.05) is 0 Å². The van der Waals surface area contributed by atoms with Crippen LogP contribution in [0.15, 0.2) is 80.9 Å². The maximum Gasteiger partial charge on any atom is 0.342 e. The molecule has 0 unspecified atom stereocenters. The summed E-state index contributed by atoms with van der Waals surface area (Å²) in [5.74, 6) is 0.403. The van der Waals surface area contributed by atoms with Gasteiger partial charge in [-0.05, 0) is 48.5 Å². The predicted octanol–water partition coefficient (Wildman–Crippen LogP) is 4.06. The minimum absolute atomic E-state index is 0.0245. The molecule has 0 amide bonds. The lowest BCUT2D eigenvalue weighted by molar-refractivity contribution is 0.398. The Kier molecular flexibility index (Phi) is 5.66. The molecular formula is C22H19NO7S2. The number of hydrogen-bond donors (Lipinski definition) is 0. The van der Waals surface area contributed by atoms with Crippen molar-refractivity contribution < 1.29 is 30.2 Å². The maximum atomic E-state index is 12.7. The molecule has 0 atom stereocenters. The SMILES string of the molecule is CCS(=O)(=O)c1ccc2oc(-c3cccc(OS(=O)(=O)c4ccccc4OC)c3)nc2c1. The smallest absolute Gasteiger partial charge is 0.342 e. The molecule has 32 heavy (non-hydrogen) atoms. The first-order valence-corrected chi connectivity index (χ1v) is 12.6. The second-order valence-electron chi connectivity index (χ2n) is 6.77. The highest BCUT2D eigenvalue weighted by atomic mass is 32.2. The average Bonchev–Trinajstić information content (AvgIpc) is 3.22. The highest BCUT2D eigenvalue weighted by Gasteiger charge is 2.22. The molecule has 0 aliphatic carbocycles. The molecule has 8 nitrogen and oxygen atoms in total. The van der Waals surface area contributed by atoms with Gasteiger partial charge in [-0.1, -0.05) is 25.1 Å². The highest BCUT2D eigenvalue weighted by molar-refractivity contribution is 7.91. The number of hydrogen-bond acceptors (Lipinski definition) is 8. The Morgan fingerprint density at radius 3 is 2.47 bits per heavy atom. The van der Waals surface area contributed by atoms with Crippen LogP contribution >= 0.6 is 0 Å². The van der Waals surface area contributed by atoms with Crippen molar-refractivity contribution in [2.75, 3.05) is 12.9 Å². The van der Waals surface area contributed by atoms with Gasteiger partial charge in [0, 0.05) is 5.56 Å². The number of sulfone groups is 1. The van der Waals surface area contributed by atoms with E-state index in [-0.39, 0.29) is 32.9 Å². The molecule has 1 heterocycles. The van der Waals surface area contributed by atoms with Gasteiger partial charge in [0.25, 0.3) is 0 Å². The molecular weight excluding hydrogens is 454 g/mol. The van der Waals surface area contributed by atoms with Gasteiger partial charge in [0.15, 0.2) is 15.4 Å². The van der Waals surface area contributed by atoms with Crippen LogP contribution in [0.1, 0.15) is 6.92 Å². The predicted molar refractivity (Wildman–Crippen MR) is 118 cm³/mol. The van der Waals surface area contributed by atoms with E-state index >= 15 is 0 Å². The summed E-state index contributed by atoms with van der Waals surface area (Å²) in [7, 11) is -6.16. The molecule has 0 spiro atoms. The minimum Gasteiger partial charge on any atom is -0.495 e. The molecule has 0 aliphatic rings. The summed E-state index contributed by atoms with van der Waals surface area (Å²) in [6.07, 6.45) is 0. The minimum atomic E-state index is -4.15. The van der Waals surface area contributed by atoms with E-state index < -0.39 is 20.0 Å². The molecule has 0 radical (unpaired) electrons. The second-order valence-corrected chi connectivity index (χ2v) is 10.6. The summed E-state index contributed by atoms with van der Waals surface area (Å²) in [5, 5.41) is 0. The number of methoxy groups -OCH3 is 1. The van der Waals surface area contributed by atoms with Crippen LogP contribution in [0.25, 0.3) is 22.6 Å². The molecule has 4 aromatic rings. The molecule has 1 aromatic heterocycles. The van der Waals surface area contributed by atoms with Crippen LogP contribution in [0.5, 0.6) is 11.5 Å². The van der Waals surface area contributed by atoms with E-state index in [1.165, 1.54) is 43.5 Å². The summed E-state index contributed by atoms with van der Waals surface area (Å²) in [6, 6.07) is 16.8. The van der Waals surface area contributed by atoms with E-state index in [9.17, 15) is 16.8 Å². The number of rotatable bonds is 7. The number of ether oxygens (including phenoxy) is 1. The van der Waals surface area contributed by atoms with Gasteiger partial charge in [0.05, 0.1) is 17.8 Å². The zero-order chi connectivity index (χ0) is 22.9. The Labute approximate surface area is 185 Å². The van der Waals surface area contributed by atoms with Crippen molar-refractivity contribution in [3.05, 3.63) is 66.7 Å². The standard InChI is InChI=1S/C22H19NO7S2/c1-3-31(24,25)17-11-12-19-18(14-17)23-22(29-19)15-7-6-8-16(13-15)30-32(26,27)21-10-5-4-9-20(21)28-2/h4-14H,3H2,1-2H3. The van der Waals surface area contributed by atoms with Gasteiger partial charge in [-0.3, -0.25) is 0 Å². The molecule has 0 aliphatic heterocycles. The number of nitrogens with zero attached hydrogens (tertiary/aromatic N) is 1. The van der Waals surface area contributed by atoms with Crippen molar-refractivity contribution in [1.29, 1.82) is 0 Å². The van der Waals surface area contributed by atoms with E-state index in [1.54, 1.807) is 37.3 Å². The fourth-order valence-electron chi connectivity index (χ4n) is 3.07. The summed E-state index contributed by atoms with van der Waals surface area (Å²) in [5.41, 5.74) is 1.25. The van der Waals surface area contributed by atoms with Crippen molar-refractivity contribution in [3.63, 3.8) is 0 Å². The first kappa shape index (κ1) is 21.8. The Balaban J connectivity index is 1.68. The van der Waals surface area contributed by atoms with Crippen molar-refractivity contribution in [2.45, 2.75) is 16.7 Å². The fourth-order valence-corrected chi connectivity index (χ4v) is 5.06. The molecule has 0 N–H and O–H groups in total. The first-order chi connectivity index (χ1) is 15.2. The maximum absolute atomic E-state index is 12.7. The largest absolute Gasteiger partial charge is 0.495 e. The Hall–Kier alpha value is -3.37. The van der Waals surface area contributed by atoms with Gasteiger partial charge >= 0.3 is 10.1 Å². The Morgan fingerprint density at radius 1 is 0.938 bits per heavy atom. The van der Waals surface area contributed by atoms with E-state index in [0.717, 1.165) is 0 Å². The third-order valence-corrected chi connectivity index (χ3v) is 7.74. The van der Waals surface area contributed by atoms with Crippen LogP contribution in [0.3, 0.4) is 0 Å². The van der Waals surface area contributed by atoms with Crippen LogP contribution in [-0.4, -0.2) is 34.7 Å². The summed E-state index contributed by atoms with van der Waals surface area (Å²) in [4.78, 5) is 4.42. The zero-order valence-electron chi connectivity index (χ0n) is 17.2. The molecule has 4 rings (SSSR count). The zero-order valence-corrected chi connectivity index (χ0v) is 18.8. The molecule has 0 saturated carbocycles.